The lowest BCUT2D eigenvalue weighted by Gasteiger charge is -2.50. The molecule has 1 aliphatic carbocycles. The first-order valence-corrected chi connectivity index (χ1v) is 9.38. The summed E-state index contributed by atoms with van der Waals surface area (Å²) in [5.41, 5.74) is 0.480. The van der Waals surface area contributed by atoms with Crippen molar-refractivity contribution in [1.29, 1.82) is 0 Å². The van der Waals surface area contributed by atoms with Gasteiger partial charge in [-0.25, -0.2) is 0 Å². The fourth-order valence-electron chi connectivity index (χ4n) is 5.18. The number of likely N-dealkylation sites (tertiary alicyclic amines) is 1. The van der Waals surface area contributed by atoms with E-state index in [1.807, 2.05) is 23.1 Å². The highest BCUT2D eigenvalue weighted by Gasteiger charge is 2.54. The molecule has 2 atom stereocenters. The van der Waals surface area contributed by atoms with Crippen molar-refractivity contribution in [3.63, 3.8) is 0 Å². The van der Waals surface area contributed by atoms with Gasteiger partial charge in [0.05, 0.1) is 12.1 Å². The standard InChI is InChI=1S/C20H28N2O2/c23-18-12-17(16-6-2-1-3-7-16)13-22(18)15-20(24)10-11-21-14-19(20)8-4-5-9-19/h1-3,6-7,17,21,24H,4-5,8-15H2/t17-,20+/m0/s1. The number of rotatable bonds is 3. The number of nitrogens with zero attached hydrogens (tertiary/aromatic N) is 1. The molecule has 2 N–H and O–H groups in total. The molecule has 24 heavy (non-hydrogen) atoms. The van der Waals surface area contributed by atoms with Gasteiger partial charge in [-0.1, -0.05) is 43.2 Å². The van der Waals surface area contributed by atoms with Gasteiger partial charge in [0.25, 0.3) is 0 Å². The second kappa shape index (κ2) is 6.16. The van der Waals surface area contributed by atoms with Gasteiger partial charge in [0, 0.05) is 30.8 Å². The quantitative estimate of drug-likeness (QED) is 0.895. The lowest BCUT2D eigenvalue weighted by Crippen LogP contribution is -2.62. The first-order valence-electron chi connectivity index (χ1n) is 9.38. The maximum absolute atomic E-state index is 12.6. The van der Waals surface area contributed by atoms with Crippen LogP contribution in [0.5, 0.6) is 0 Å². The maximum atomic E-state index is 12.6. The molecule has 3 aliphatic rings. The van der Waals surface area contributed by atoms with Gasteiger partial charge in [-0.05, 0) is 31.4 Å². The molecule has 2 heterocycles. The summed E-state index contributed by atoms with van der Waals surface area (Å²) in [6, 6.07) is 10.3. The molecule has 2 saturated heterocycles. The summed E-state index contributed by atoms with van der Waals surface area (Å²) in [4.78, 5) is 14.5. The summed E-state index contributed by atoms with van der Waals surface area (Å²) in [5.74, 6) is 0.465. The number of benzene rings is 1. The van der Waals surface area contributed by atoms with Crippen LogP contribution in [-0.4, -0.2) is 47.7 Å². The van der Waals surface area contributed by atoms with E-state index in [-0.39, 0.29) is 17.2 Å². The van der Waals surface area contributed by atoms with Gasteiger partial charge >= 0.3 is 0 Å². The average Bonchev–Trinajstić information content (AvgIpc) is 3.20. The van der Waals surface area contributed by atoms with E-state index in [1.165, 1.54) is 18.4 Å². The Morgan fingerprint density at radius 1 is 1.17 bits per heavy atom. The molecule has 1 amide bonds. The number of amides is 1. The molecule has 0 unspecified atom stereocenters. The number of hydrogen-bond acceptors (Lipinski definition) is 3. The largest absolute Gasteiger partial charge is 0.387 e. The van der Waals surface area contributed by atoms with Crippen LogP contribution in [0.2, 0.25) is 0 Å². The molecule has 1 aromatic rings. The molecule has 1 saturated carbocycles. The Morgan fingerprint density at radius 2 is 1.92 bits per heavy atom. The van der Waals surface area contributed by atoms with Gasteiger partial charge in [-0.15, -0.1) is 0 Å². The van der Waals surface area contributed by atoms with Gasteiger partial charge in [-0.2, -0.15) is 0 Å². The van der Waals surface area contributed by atoms with Crippen LogP contribution in [0, 0.1) is 5.41 Å². The third kappa shape index (κ3) is 2.66. The smallest absolute Gasteiger partial charge is 0.223 e. The van der Waals surface area contributed by atoms with Crippen LogP contribution < -0.4 is 5.32 Å². The Balaban J connectivity index is 1.51. The van der Waals surface area contributed by atoms with E-state index in [1.54, 1.807) is 0 Å². The number of piperidine rings is 1. The number of hydrogen-bond donors (Lipinski definition) is 2. The number of β-amino-alcohol motifs (C(OH)–C–C–N with tert-alkyl or cyclic N) is 1. The van der Waals surface area contributed by atoms with Crippen molar-refractivity contribution in [2.45, 2.75) is 50.0 Å². The third-order valence-corrected chi connectivity index (χ3v) is 6.66. The van der Waals surface area contributed by atoms with Crippen molar-refractivity contribution in [1.82, 2.24) is 10.2 Å². The van der Waals surface area contributed by atoms with Gasteiger partial charge in [0.2, 0.25) is 5.91 Å². The van der Waals surface area contributed by atoms with E-state index in [2.05, 4.69) is 17.4 Å². The van der Waals surface area contributed by atoms with Crippen LogP contribution in [0.15, 0.2) is 30.3 Å². The Kier molecular flexibility index (Phi) is 4.13. The van der Waals surface area contributed by atoms with E-state index in [4.69, 9.17) is 0 Å². The third-order valence-electron chi connectivity index (χ3n) is 6.66. The molecule has 0 radical (unpaired) electrons. The lowest BCUT2D eigenvalue weighted by molar-refractivity contribution is -0.143. The summed E-state index contributed by atoms with van der Waals surface area (Å²) in [6.07, 6.45) is 5.90. The normalized spacial score (nSPS) is 32.6. The minimum Gasteiger partial charge on any atom is -0.387 e. The number of carbonyl (C=O) groups excluding carboxylic acids is 1. The van der Waals surface area contributed by atoms with Crippen molar-refractivity contribution in [2.24, 2.45) is 5.41 Å². The summed E-state index contributed by atoms with van der Waals surface area (Å²) in [7, 11) is 0. The van der Waals surface area contributed by atoms with Crippen LogP contribution >= 0.6 is 0 Å². The minimum atomic E-state index is -0.726. The number of carbonyl (C=O) groups is 1. The second-order valence-corrected chi connectivity index (χ2v) is 8.03. The number of aliphatic hydroxyl groups is 1. The Labute approximate surface area is 144 Å². The lowest BCUT2D eigenvalue weighted by atomic mass is 9.66. The van der Waals surface area contributed by atoms with Gasteiger partial charge < -0.3 is 15.3 Å². The van der Waals surface area contributed by atoms with E-state index in [0.717, 1.165) is 38.9 Å². The Bertz CT molecular complexity index is 597. The summed E-state index contributed by atoms with van der Waals surface area (Å²) in [6.45, 7) is 3.00. The highest BCUT2D eigenvalue weighted by molar-refractivity contribution is 5.80. The molecule has 1 aromatic carbocycles. The average molecular weight is 328 g/mol. The topological polar surface area (TPSA) is 52.6 Å². The zero-order chi connectivity index (χ0) is 16.6. The number of nitrogens with one attached hydrogen (secondary N) is 1. The molecule has 4 rings (SSSR count). The molecule has 0 aromatic heterocycles. The molecule has 4 heteroatoms. The molecule has 130 valence electrons. The van der Waals surface area contributed by atoms with Gasteiger partial charge in [-0.3, -0.25) is 4.79 Å². The van der Waals surface area contributed by atoms with E-state index in [9.17, 15) is 9.90 Å². The maximum Gasteiger partial charge on any atom is 0.223 e. The summed E-state index contributed by atoms with van der Waals surface area (Å²) >= 11 is 0. The fraction of sp³-hybridized carbons (Fsp3) is 0.650. The van der Waals surface area contributed by atoms with Crippen LogP contribution in [-0.2, 0) is 4.79 Å². The molecule has 3 fully saturated rings. The van der Waals surface area contributed by atoms with Crippen molar-refractivity contribution in [3.8, 4) is 0 Å². The van der Waals surface area contributed by atoms with Crippen LogP contribution in [0.1, 0.15) is 50.0 Å². The van der Waals surface area contributed by atoms with Crippen molar-refractivity contribution in [2.75, 3.05) is 26.2 Å². The van der Waals surface area contributed by atoms with E-state index in [0.29, 0.717) is 13.0 Å². The van der Waals surface area contributed by atoms with Crippen molar-refractivity contribution < 1.29 is 9.90 Å². The highest BCUT2D eigenvalue weighted by Crippen LogP contribution is 2.50. The Morgan fingerprint density at radius 3 is 2.67 bits per heavy atom. The molecule has 4 nitrogen and oxygen atoms in total. The SMILES string of the molecule is O=C1C[C@H](c2ccccc2)CN1C[C@]1(O)CCNCC12CCCC2. The van der Waals surface area contributed by atoms with Gasteiger partial charge in [0.15, 0.2) is 0 Å². The monoisotopic (exact) mass is 328 g/mol. The van der Waals surface area contributed by atoms with E-state index >= 15 is 0 Å². The predicted molar refractivity (Wildman–Crippen MR) is 93.7 cm³/mol. The van der Waals surface area contributed by atoms with Gasteiger partial charge in [0.1, 0.15) is 0 Å². The van der Waals surface area contributed by atoms with Crippen LogP contribution in [0.4, 0.5) is 0 Å². The van der Waals surface area contributed by atoms with Crippen molar-refractivity contribution >= 4 is 5.91 Å². The molecular weight excluding hydrogens is 300 g/mol. The molecule has 2 aliphatic heterocycles. The van der Waals surface area contributed by atoms with E-state index < -0.39 is 5.60 Å². The summed E-state index contributed by atoms with van der Waals surface area (Å²) < 4.78 is 0. The highest BCUT2D eigenvalue weighted by atomic mass is 16.3. The zero-order valence-corrected chi connectivity index (χ0v) is 14.3. The summed E-state index contributed by atoms with van der Waals surface area (Å²) in [5, 5.41) is 15.0. The first-order chi connectivity index (χ1) is 11.6. The molecule has 0 bridgehead atoms. The minimum absolute atomic E-state index is 0.0314. The molecule has 1 spiro atoms. The Hall–Kier alpha value is -1.39. The van der Waals surface area contributed by atoms with Crippen molar-refractivity contribution in [3.05, 3.63) is 35.9 Å². The zero-order valence-electron chi connectivity index (χ0n) is 14.3. The first kappa shape index (κ1) is 16.1. The van der Waals surface area contributed by atoms with Crippen LogP contribution in [0.25, 0.3) is 0 Å². The van der Waals surface area contributed by atoms with Crippen LogP contribution in [0.3, 0.4) is 0 Å². The fourth-order valence-corrected chi connectivity index (χ4v) is 5.18. The predicted octanol–water partition coefficient (Wildman–Crippen LogP) is 2.29. The molecular formula is C20H28N2O2. The second-order valence-electron chi connectivity index (χ2n) is 8.03.